The number of nitrogens with one attached hydrogen (secondary N) is 1. The molecule has 26 heavy (non-hydrogen) atoms. The van der Waals surface area contributed by atoms with Crippen molar-refractivity contribution < 1.29 is 24.2 Å². The zero-order valence-electron chi connectivity index (χ0n) is 13.9. The van der Waals surface area contributed by atoms with Crippen molar-refractivity contribution in [1.82, 2.24) is 5.43 Å². The second-order valence-electron chi connectivity index (χ2n) is 5.21. The van der Waals surface area contributed by atoms with E-state index in [0.29, 0.717) is 22.1 Å². The SMILES string of the molecule is Cc1cc(OCC(=O)NN=Cc2ccccc2OCC(=O)O)ccc1Cl. The minimum Gasteiger partial charge on any atom is -0.484 e. The lowest BCUT2D eigenvalue weighted by Gasteiger charge is -2.07. The number of carboxylic acid groups (broad SMARTS) is 1. The first kappa shape index (κ1) is 19.3. The van der Waals surface area contributed by atoms with E-state index in [-0.39, 0.29) is 6.61 Å². The molecule has 0 aliphatic carbocycles. The lowest BCUT2D eigenvalue weighted by atomic mass is 10.2. The number of hydrogen-bond acceptors (Lipinski definition) is 5. The van der Waals surface area contributed by atoms with Crippen molar-refractivity contribution in [1.29, 1.82) is 0 Å². The van der Waals surface area contributed by atoms with Crippen molar-refractivity contribution >= 4 is 29.7 Å². The average Bonchev–Trinajstić information content (AvgIpc) is 2.62. The molecule has 0 radical (unpaired) electrons. The van der Waals surface area contributed by atoms with Crippen molar-refractivity contribution in [3.63, 3.8) is 0 Å². The molecule has 0 bridgehead atoms. The Labute approximate surface area is 155 Å². The van der Waals surface area contributed by atoms with Gasteiger partial charge in [0.1, 0.15) is 11.5 Å². The van der Waals surface area contributed by atoms with Crippen LogP contribution < -0.4 is 14.9 Å². The van der Waals surface area contributed by atoms with Gasteiger partial charge in [0, 0.05) is 10.6 Å². The van der Waals surface area contributed by atoms with Gasteiger partial charge in [-0.3, -0.25) is 4.79 Å². The van der Waals surface area contributed by atoms with Crippen LogP contribution in [0.1, 0.15) is 11.1 Å². The number of para-hydroxylation sites is 1. The lowest BCUT2D eigenvalue weighted by Crippen LogP contribution is -2.24. The predicted molar refractivity (Wildman–Crippen MR) is 97.0 cm³/mol. The maximum Gasteiger partial charge on any atom is 0.341 e. The molecule has 0 saturated carbocycles. The Hall–Kier alpha value is -3.06. The number of halogens is 1. The minimum absolute atomic E-state index is 0.213. The van der Waals surface area contributed by atoms with Gasteiger partial charge in [-0.15, -0.1) is 0 Å². The Morgan fingerprint density at radius 2 is 1.96 bits per heavy atom. The van der Waals surface area contributed by atoms with Gasteiger partial charge >= 0.3 is 5.97 Å². The van der Waals surface area contributed by atoms with Gasteiger partial charge in [-0.1, -0.05) is 23.7 Å². The molecule has 0 aromatic heterocycles. The maximum atomic E-state index is 11.8. The Morgan fingerprint density at radius 3 is 2.69 bits per heavy atom. The summed E-state index contributed by atoms with van der Waals surface area (Å²) in [7, 11) is 0. The average molecular weight is 377 g/mol. The fourth-order valence-corrected chi connectivity index (χ4v) is 2.04. The molecule has 2 N–H and O–H groups in total. The number of ether oxygens (including phenoxy) is 2. The van der Waals surface area contributed by atoms with Crippen LogP contribution in [0.15, 0.2) is 47.6 Å². The molecule has 136 valence electrons. The summed E-state index contributed by atoms with van der Waals surface area (Å²) in [6.07, 6.45) is 1.36. The van der Waals surface area contributed by atoms with Gasteiger partial charge in [0.05, 0.1) is 6.21 Å². The Bertz CT molecular complexity index is 823. The Balaban J connectivity index is 1.86. The molecule has 0 spiro atoms. The summed E-state index contributed by atoms with van der Waals surface area (Å²) in [5.74, 6) is -0.656. The highest BCUT2D eigenvalue weighted by Crippen LogP contribution is 2.20. The van der Waals surface area contributed by atoms with E-state index >= 15 is 0 Å². The summed E-state index contributed by atoms with van der Waals surface area (Å²) < 4.78 is 10.5. The number of amides is 1. The third-order valence-corrected chi connectivity index (χ3v) is 3.59. The third kappa shape index (κ3) is 6.10. The fraction of sp³-hybridized carbons (Fsp3) is 0.167. The number of nitrogens with zero attached hydrogens (tertiary/aromatic N) is 1. The number of carbonyl (C=O) groups excluding carboxylic acids is 1. The standard InChI is InChI=1S/C18H17ClN2O5/c1-12-8-14(6-7-15(12)19)25-10-17(22)21-20-9-13-4-2-3-5-16(13)26-11-18(23)24/h2-9H,10-11H2,1H3,(H,21,22)(H,23,24). The van der Waals surface area contributed by atoms with E-state index in [1.54, 1.807) is 42.5 Å². The summed E-state index contributed by atoms with van der Waals surface area (Å²) in [5, 5.41) is 13.1. The van der Waals surface area contributed by atoms with E-state index in [1.807, 2.05) is 6.92 Å². The largest absolute Gasteiger partial charge is 0.484 e. The Kier molecular flexibility index (Phi) is 6.99. The molecule has 0 heterocycles. The van der Waals surface area contributed by atoms with E-state index in [1.165, 1.54) is 6.21 Å². The number of benzene rings is 2. The lowest BCUT2D eigenvalue weighted by molar-refractivity contribution is -0.139. The van der Waals surface area contributed by atoms with E-state index in [0.717, 1.165) is 5.56 Å². The molecule has 0 saturated heterocycles. The molecular formula is C18H17ClN2O5. The molecule has 0 aliphatic heterocycles. The molecule has 0 fully saturated rings. The van der Waals surface area contributed by atoms with E-state index in [9.17, 15) is 9.59 Å². The molecule has 7 nitrogen and oxygen atoms in total. The van der Waals surface area contributed by atoms with Crippen molar-refractivity contribution in [2.24, 2.45) is 5.10 Å². The van der Waals surface area contributed by atoms with Crippen LogP contribution in [0.2, 0.25) is 5.02 Å². The number of carboxylic acids is 1. The van der Waals surface area contributed by atoms with Crippen LogP contribution in [0, 0.1) is 6.92 Å². The molecule has 2 aromatic rings. The molecule has 0 unspecified atom stereocenters. The normalized spacial score (nSPS) is 10.5. The molecule has 0 aliphatic rings. The summed E-state index contributed by atoms with van der Waals surface area (Å²) in [5.41, 5.74) is 3.71. The van der Waals surface area contributed by atoms with Gasteiger partial charge in [-0.05, 0) is 42.8 Å². The molecule has 2 rings (SSSR count). The van der Waals surface area contributed by atoms with Crippen LogP contribution in [-0.2, 0) is 9.59 Å². The van der Waals surface area contributed by atoms with Crippen molar-refractivity contribution in [2.75, 3.05) is 13.2 Å². The minimum atomic E-state index is -1.08. The smallest absolute Gasteiger partial charge is 0.341 e. The van der Waals surface area contributed by atoms with Crippen LogP contribution in [0.25, 0.3) is 0 Å². The first-order chi connectivity index (χ1) is 12.5. The summed E-state index contributed by atoms with van der Waals surface area (Å²) in [6, 6.07) is 11.8. The van der Waals surface area contributed by atoms with Gasteiger partial charge in [0.25, 0.3) is 5.91 Å². The van der Waals surface area contributed by atoms with Crippen molar-refractivity contribution in [3.8, 4) is 11.5 Å². The number of carbonyl (C=O) groups is 2. The van der Waals surface area contributed by atoms with Gasteiger partial charge in [0.2, 0.25) is 0 Å². The van der Waals surface area contributed by atoms with Crippen molar-refractivity contribution in [2.45, 2.75) is 6.92 Å². The number of aryl methyl sites for hydroxylation is 1. The molecule has 8 heteroatoms. The predicted octanol–water partition coefficient (Wildman–Crippen LogP) is 2.64. The fourth-order valence-electron chi connectivity index (χ4n) is 1.92. The Morgan fingerprint density at radius 1 is 1.19 bits per heavy atom. The van der Waals surface area contributed by atoms with Gasteiger partial charge in [-0.2, -0.15) is 5.10 Å². The number of hydrogen-bond donors (Lipinski definition) is 2. The highest BCUT2D eigenvalue weighted by atomic mass is 35.5. The van der Waals surface area contributed by atoms with Crippen LogP contribution >= 0.6 is 11.6 Å². The van der Waals surface area contributed by atoms with Crippen molar-refractivity contribution in [3.05, 3.63) is 58.6 Å². The zero-order valence-corrected chi connectivity index (χ0v) is 14.7. The molecule has 1 amide bonds. The van der Waals surface area contributed by atoms with E-state index in [4.69, 9.17) is 26.2 Å². The third-order valence-electron chi connectivity index (χ3n) is 3.16. The molecule has 2 aromatic carbocycles. The summed E-state index contributed by atoms with van der Waals surface area (Å²) >= 11 is 5.93. The second kappa shape index (κ2) is 9.43. The van der Waals surface area contributed by atoms with Crippen LogP contribution in [0.5, 0.6) is 11.5 Å². The molecule has 0 atom stereocenters. The van der Waals surface area contributed by atoms with Crippen LogP contribution in [0.3, 0.4) is 0 Å². The van der Waals surface area contributed by atoms with E-state index in [2.05, 4.69) is 10.5 Å². The maximum absolute atomic E-state index is 11.8. The van der Waals surface area contributed by atoms with Gasteiger partial charge < -0.3 is 14.6 Å². The van der Waals surface area contributed by atoms with Gasteiger partial charge in [-0.25, -0.2) is 10.2 Å². The summed E-state index contributed by atoms with van der Waals surface area (Å²) in [6.45, 7) is 1.16. The van der Waals surface area contributed by atoms with Crippen LogP contribution in [0.4, 0.5) is 0 Å². The first-order valence-corrected chi connectivity index (χ1v) is 7.98. The summed E-state index contributed by atoms with van der Waals surface area (Å²) in [4.78, 5) is 22.4. The van der Waals surface area contributed by atoms with Crippen LogP contribution in [-0.4, -0.2) is 36.4 Å². The topological polar surface area (TPSA) is 97.2 Å². The number of aliphatic carboxylic acids is 1. The second-order valence-corrected chi connectivity index (χ2v) is 5.62. The van der Waals surface area contributed by atoms with Gasteiger partial charge in [0.15, 0.2) is 13.2 Å². The highest BCUT2D eigenvalue weighted by molar-refractivity contribution is 6.31. The number of hydrazone groups is 1. The quantitative estimate of drug-likeness (QED) is 0.545. The monoisotopic (exact) mass is 376 g/mol. The number of rotatable bonds is 8. The van der Waals surface area contributed by atoms with E-state index < -0.39 is 18.5 Å². The first-order valence-electron chi connectivity index (χ1n) is 7.60. The zero-order chi connectivity index (χ0) is 18.9. The molecular weight excluding hydrogens is 360 g/mol. The highest BCUT2D eigenvalue weighted by Gasteiger charge is 2.05.